The van der Waals surface area contributed by atoms with E-state index in [9.17, 15) is 4.79 Å². The average molecular weight is 356 g/mol. The molecule has 0 unspecified atom stereocenters. The largest absolute Gasteiger partial charge is 0.493 e. The van der Waals surface area contributed by atoms with Gasteiger partial charge in [-0.15, -0.1) is 0 Å². The number of carbonyl (C=O) groups is 1. The lowest BCUT2D eigenvalue weighted by Gasteiger charge is -2.20. The van der Waals surface area contributed by atoms with Crippen LogP contribution in [0.25, 0.3) is 0 Å². The molecule has 0 heterocycles. The van der Waals surface area contributed by atoms with Gasteiger partial charge in [0.25, 0.3) is 0 Å². The second-order valence-electron chi connectivity index (χ2n) is 6.29. The van der Waals surface area contributed by atoms with Gasteiger partial charge in [-0.2, -0.15) is 0 Å². The van der Waals surface area contributed by atoms with Gasteiger partial charge in [-0.1, -0.05) is 36.4 Å². The van der Waals surface area contributed by atoms with E-state index in [1.807, 2.05) is 74.3 Å². The molecular weight excluding hydrogens is 328 g/mol. The Morgan fingerprint density at radius 2 is 1.88 bits per heavy atom. The van der Waals surface area contributed by atoms with Gasteiger partial charge in [0.05, 0.1) is 26.3 Å². The first-order valence-corrected chi connectivity index (χ1v) is 8.86. The molecule has 0 spiro atoms. The van der Waals surface area contributed by atoms with E-state index in [4.69, 9.17) is 9.47 Å². The molecule has 2 rings (SSSR count). The van der Waals surface area contributed by atoms with Crippen LogP contribution in [0.4, 0.5) is 0 Å². The van der Waals surface area contributed by atoms with E-state index in [0.29, 0.717) is 25.4 Å². The fraction of sp³-hybridized carbons (Fsp3) is 0.381. The topological polar surface area (TPSA) is 50.8 Å². The molecule has 0 radical (unpaired) electrons. The zero-order valence-electron chi connectivity index (χ0n) is 16.0. The van der Waals surface area contributed by atoms with Crippen molar-refractivity contribution >= 4 is 5.91 Å². The van der Waals surface area contributed by atoms with E-state index in [0.717, 1.165) is 16.9 Å². The Morgan fingerprint density at radius 3 is 2.54 bits per heavy atom. The Hall–Kier alpha value is -2.53. The Morgan fingerprint density at radius 1 is 1.15 bits per heavy atom. The van der Waals surface area contributed by atoms with Crippen molar-refractivity contribution < 1.29 is 14.3 Å². The van der Waals surface area contributed by atoms with Crippen LogP contribution >= 0.6 is 0 Å². The lowest BCUT2D eigenvalue weighted by Crippen LogP contribution is -2.36. The van der Waals surface area contributed by atoms with Crippen LogP contribution in [0.15, 0.2) is 48.5 Å². The molecule has 0 aliphatic rings. The van der Waals surface area contributed by atoms with E-state index in [-0.39, 0.29) is 11.9 Å². The van der Waals surface area contributed by atoms with Crippen molar-refractivity contribution in [1.82, 2.24) is 10.2 Å². The fourth-order valence-electron chi connectivity index (χ4n) is 2.81. The lowest BCUT2D eigenvalue weighted by molar-refractivity contribution is -0.122. The molecule has 1 amide bonds. The third-order valence-electron chi connectivity index (χ3n) is 4.07. The first-order chi connectivity index (χ1) is 12.5. The normalized spacial score (nSPS) is 11.9. The Kier molecular flexibility index (Phi) is 7.48. The number of nitrogens with one attached hydrogen (secondary N) is 1. The summed E-state index contributed by atoms with van der Waals surface area (Å²) in [4.78, 5) is 14.3. The second-order valence-corrected chi connectivity index (χ2v) is 6.29. The number of ether oxygens (including phenoxy) is 2. The van der Waals surface area contributed by atoms with E-state index in [2.05, 4.69) is 5.32 Å². The summed E-state index contributed by atoms with van der Waals surface area (Å²) in [6.45, 7) is 5.50. The van der Waals surface area contributed by atoms with E-state index >= 15 is 0 Å². The maximum absolute atomic E-state index is 12.3. The highest BCUT2D eigenvalue weighted by Crippen LogP contribution is 2.28. The molecule has 0 aliphatic carbocycles. The first-order valence-electron chi connectivity index (χ1n) is 8.86. The van der Waals surface area contributed by atoms with Crippen LogP contribution in [-0.2, 0) is 11.3 Å². The number of hydrogen-bond acceptors (Lipinski definition) is 4. The summed E-state index contributed by atoms with van der Waals surface area (Å²) in [6.07, 6.45) is 0. The van der Waals surface area contributed by atoms with E-state index in [1.165, 1.54) is 0 Å². The molecule has 2 aromatic rings. The minimum atomic E-state index is -0.0114. The number of methoxy groups -OCH3 is 1. The molecule has 0 bridgehead atoms. The smallest absolute Gasteiger partial charge is 0.234 e. The maximum Gasteiger partial charge on any atom is 0.234 e. The average Bonchev–Trinajstić information content (AvgIpc) is 2.63. The summed E-state index contributed by atoms with van der Waals surface area (Å²) in [6, 6.07) is 15.8. The Balaban J connectivity index is 1.89. The van der Waals surface area contributed by atoms with Crippen LogP contribution in [0, 0.1) is 0 Å². The summed E-state index contributed by atoms with van der Waals surface area (Å²) in [7, 11) is 3.56. The predicted molar refractivity (Wildman–Crippen MR) is 103 cm³/mol. The first kappa shape index (κ1) is 19.8. The molecule has 1 atom stereocenters. The number of hydrogen-bond donors (Lipinski definition) is 1. The standard InChI is InChI=1S/C21H28N2O3/c1-5-26-19-12-11-17(13-20(19)25-4)14-23(3)15-21(24)22-16(2)18-9-7-6-8-10-18/h6-13,16H,5,14-15H2,1-4H3,(H,22,24)/t16-/m1/s1. The molecule has 140 valence electrons. The maximum atomic E-state index is 12.3. The third-order valence-corrected chi connectivity index (χ3v) is 4.07. The van der Waals surface area contributed by atoms with Gasteiger partial charge in [0, 0.05) is 6.54 Å². The fourth-order valence-corrected chi connectivity index (χ4v) is 2.81. The van der Waals surface area contributed by atoms with Crippen LogP contribution < -0.4 is 14.8 Å². The second kappa shape index (κ2) is 9.82. The summed E-state index contributed by atoms with van der Waals surface area (Å²) >= 11 is 0. The van der Waals surface area contributed by atoms with Crippen LogP contribution in [0.1, 0.15) is 31.0 Å². The molecule has 0 saturated carbocycles. The molecule has 26 heavy (non-hydrogen) atoms. The van der Waals surface area contributed by atoms with E-state index < -0.39 is 0 Å². The minimum Gasteiger partial charge on any atom is -0.493 e. The molecule has 0 fully saturated rings. The zero-order valence-corrected chi connectivity index (χ0v) is 16.0. The minimum absolute atomic E-state index is 0.00162. The number of likely N-dealkylation sites (N-methyl/N-ethyl adjacent to an activating group) is 1. The zero-order chi connectivity index (χ0) is 18.9. The molecule has 0 saturated heterocycles. The van der Waals surface area contributed by atoms with Crippen LogP contribution in [-0.4, -0.2) is 38.1 Å². The van der Waals surface area contributed by atoms with Gasteiger partial charge >= 0.3 is 0 Å². The van der Waals surface area contributed by atoms with Crippen molar-refractivity contribution in [2.24, 2.45) is 0 Å². The monoisotopic (exact) mass is 356 g/mol. The van der Waals surface area contributed by atoms with Crippen molar-refractivity contribution in [3.63, 3.8) is 0 Å². The van der Waals surface area contributed by atoms with Crippen LogP contribution in [0.5, 0.6) is 11.5 Å². The quantitative estimate of drug-likeness (QED) is 0.748. The van der Waals surface area contributed by atoms with Crippen molar-refractivity contribution in [3.8, 4) is 11.5 Å². The lowest BCUT2D eigenvalue weighted by atomic mass is 10.1. The van der Waals surface area contributed by atoms with Gasteiger partial charge in [-0.05, 0) is 44.2 Å². The van der Waals surface area contributed by atoms with Crippen molar-refractivity contribution in [3.05, 3.63) is 59.7 Å². The number of benzene rings is 2. The third kappa shape index (κ3) is 5.77. The SMILES string of the molecule is CCOc1ccc(CN(C)CC(=O)N[C@H](C)c2ccccc2)cc1OC. The number of rotatable bonds is 9. The van der Waals surface area contributed by atoms with E-state index in [1.54, 1.807) is 7.11 Å². The summed E-state index contributed by atoms with van der Waals surface area (Å²) < 4.78 is 10.9. The Labute approximate surface area is 155 Å². The van der Waals surface area contributed by atoms with Gasteiger partial charge in [0.1, 0.15) is 0 Å². The van der Waals surface area contributed by atoms with Gasteiger partial charge < -0.3 is 14.8 Å². The number of carbonyl (C=O) groups excluding carboxylic acids is 1. The van der Waals surface area contributed by atoms with Crippen molar-refractivity contribution in [2.45, 2.75) is 26.4 Å². The molecule has 0 aliphatic heterocycles. The predicted octanol–water partition coefficient (Wildman–Crippen LogP) is 3.40. The highest BCUT2D eigenvalue weighted by atomic mass is 16.5. The van der Waals surface area contributed by atoms with Gasteiger partial charge in [-0.3, -0.25) is 9.69 Å². The van der Waals surface area contributed by atoms with Crippen molar-refractivity contribution in [1.29, 1.82) is 0 Å². The summed E-state index contributed by atoms with van der Waals surface area (Å²) in [5.74, 6) is 1.44. The molecule has 0 aromatic heterocycles. The number of amides is 1. The summed E-state index contributed by atoms with van der Waals surface area (Å²) in [5, 5.41) is 3.04. The molecule has 5 nitrogen and oxygen atoms in total. The highest BCUT2D eigenvalue weighted by Gasteiger charge is 2.13. The van der Waals surface area contributed by atoms with Gasteiger partial charge in [-0.25, -0.2) is 0 Å². The Bertz CT molecular complexity index is 704. The molecule has 1 N–H and O–H groups in total. The highest BCUT2D eigenvalue weighted by molar-refractivity contribution is 5.78. The molecule has 2 aromatic carbocycles. The molecular formula is C21H28N2O3. The summed E-state index contributed by atoms with van der Waals surface area (Å²) in [5.41, 5.74) is 2.16. The van der Waals surface area contributed by atoms with Gasteiger partial charge in [0.2, 0.25) is 5.91 Å². The van der Waals surface area contributed by atoms with Gasteiger partial charge in [0.15, 0.2) is 11.5 Å². The molecule has 5 heteroatoms. The van der Waals surface area contributed by atoms with Crippen molar-refractivity contribution in [2.75, 3.05) is 27.3 Å². The van der Waals surface area contributed by atoms with Crippen LogP contribution in [0.2, 0.25) is 0 Å². The number of nitrogens with zero attached hydrogens (tertiary/aromatic N) is 1. The van der Waals surface area contributed by atoms with Crippen LogP contribution in [0.3, 0.4) is 0 Å².